The fourth-order valence-corrected chi connectivity index (χ4v) is 2.41. The molecule has 6 heteroatoms. The Bertz CT molecular complexity index is 704. The first-order valence-electron chi connectivity index (χ1n) is 6.13. The summed E-state index contributed by atoms with van der Waals surface area (Å²) in [5.41, 5.74) is 8.77. The van der Waals surface area contributed by atoms with Crippen molar-refractivity contribution < 1.29 is 9.53 Å². The number of halogens is 2. The van der Waals surface area contributed by atoms with Crippen LogP contribution >= 0.6 is 27.5 Å². The average Bonchev–Trinajstić information content (AvgIpc) is 2.44. The van der Waals surface area contributed by atoms with Gasteiger partial charge in [-0.2, -0.15) is 0 Å². The van der Waals surface area contributed by atoms with Crippen molar-refractivity contribution >= 4 is 50.6 Å². The molecule has 0 heterocycles. The van der Waals surface area contributed by atoms with Gasteiger partial charge in [0.2, 0.25) is 0 Å². The summed E-state index contributed by atoms with van der Waals surface area (Å²) < 4.78 is 5.77. The lowest BCUT2D eigenvalue weighted by molar-refractivity contribution is 0.0602. The highest BCUT2D eigenvalue weighted by Crippen LogP contribution is 2.33. The highest BCUT2D eigenvalue weighted by Gasteiger charge is 2.16. The van der Waals surface area contributed by atoms with E-state index in [0.29, 0.717) is 22.0 Å². The van der Waals surface area contributed by atoms with Crippen molar-refractivity contribution in [1.82, 2.24) is 0 Å². The molecule has 21 heavy (non-hydrogen) atoms. The van der Waals surface area contributed by atoms with Gasteiger partial charge in [-0.05, 0) is 42.8 Å². The van der Waals surface area contributed by atoms with Crippen LogP contribution in [0.25, 0.3) is 0 Å². The average molecular weight is 370 g/mol. The smallest absolute Gasteiger partial charge is 0.340 e. The first kappa shape index (κ1) is 15.7. The first-order valence-corrected chi connectivity index (χ1v) is 7.30. The molecule has 0 radical (unpaired) electrons. The number of anilines is 3. The number of carbonyl (C=O) groups excluding carboxylic acids is 1. The molecule has 0 aromatic heterocycles. The van der Waals surface area contributed by atoms with Crippen molar-refractivity contribution in [3.05, 3.63) is 51.0 Å². The number of nitrogens with one attached hydrogen (secondary N) is 1. The van der Waals surface area contributed by atoms with E-state index >= 15 is 0 Å². The Labute approximate surface area is 136 Å². The monoisotopic (exact) mass is 368 g/mol. The number of carbonyl (C=O) groups is 1. The fourth-order valence-electron chi connectivity index (χ4n) is 1.89. The lowest BCUT2D eigenvalue weighted by Gasteiger charge is -2.14. The van der Waals surface area contributed by atoms with Crippen molar-refractivity contribution in [3.63, 3.8) is 0 Å². The van der Waals surface area contributed by atoms with E-state index in [1.807, 2.05) is 25.1 Å². The van der Waals surface area contributed by atoms with E-state index in [2.05, 4.69) is 21.2 Å². The van der Waals surface area contributed by atoms with Gasteiger partial charge in [-0.1, -0.05) is 27.5 Å². The zero-order valence-corrected chi connectivity index (χ0v) is 13.9. The molecule has 0 unspecified atom stereocenters. The van der Waals surface area contributed by atoms with E-state index in [4.69, 9.17) is 22.1 Å². The minimum Gasteiger partial charge on any atom is -0.465 e. The van der Waals surface area contributed by atoms with E-state index in [9.17, 15) is 4.79 Å². The van der Waals surface area contributed by atoms with E-state index in [1.54, 1.807) is 6.07 Å². The van der Waals surface area contributed by atoms with Gasteiger partial charge in [0.15, 0.2) is 0 Å². The van der Waals surface area contributed by atoms with Crippen molar-refractivity contribution in [1.29, 1.82) is 0 Å². The molecule has 110 valence electrons. The van der Waals surface area contributed by atoms with Crippen LogP contribution < -0.4 is 11.1 Å². The van der Waals surface area contributed by atoms with Gasteiger partial charge in [0.25, 0.3) is 0 Å². The summed E-state index contributed by atoms with van der Waals surface area (Å²) in [7, 11) is 1.31. The van der Waals surface area contributed by atoms with Crippen LogP contribution in [-0.2, 0) is 4.74 Å². The Morgan fingerprint density at radius 2 is 2.05 bits per heavy atom. The molecule has 0 bridgehead atoms. The number of rotatable bonds is 3. The SMILES string of the molecule is COC(=O)c1cc(N)cc(Cl)c1Nc1ccc(Br)c(C)c1. The van der Waals surface area contributed by atoms with Crippen LogP contribution in [-0.4, -0.2) is 13.1 Å². The third-order valence-corrected chi connectivity index (χ3v) is 4.13. The molecule has 0 spiro atoms. The Kier molecular flexibility index (Phi) is 4.75. The largest absolute Gasteiger partial charge is 0.465 e. The van der Waals surface area contributed by atoms with Gasteiger partial charge in [-0.15, -0.1) is 0 Å². The predicted molar refractivity (Wildman–Crippen MR) is 89.4 cm³/mol. The molecule has 2 aromatic carbocycles. The molecule has 0 aliphatic rings. The quantitative estimate of drug-likeness (QED) is 0.616. The molecule has 0 saturated carbocycles. The van der Waals surface area contributed by atoms with Gasteiger partial charge < -0.3 is 15.8 Å². The van der Waals surface area contributed by atoms with Crippen molar-refractivity contribution in [2.45, 2.75) is 6.92 Å². The topological polar surface area (TPSA) is 64.3 Å². The van der Waals surface area contributed by atoms with Crippen LogP contribution in [0.3, 0.4) is 0 Å². The fraction of sp³-hybridized carbons (Fsp3) is 0.133. The normalized spacial score (nSPS) is 10.3. The molecule has 0 atom stereocenters. The third kappa shape index (κ3) is 3.49. The summed E-state index contributed by atoms with van der Waals surface area (Å²) in [5, 5.41) is 3.50. The molecule has 0 fully saturated rings. The summed E-state index contributed by atoms with van der Waals surface area (Å²) in [4.78, 5) is 11.9. The van der Waals surface area contributed by atoms with Crippen LogP contribution in [0, 0.1) is 6.92 Å². The Morgan fingerprint density at radius 1 is 1.33 bits per heavy atom. The maximum absolute atomic E-state index is 11.9. The second-order valence-electron chi connectivity index (χ2n) is 4.51. The van der Waals surface area contributed by atoms with Gasteiger partial charge in [-0.25, -0.2) is 4.79 Å². The highest BCUT2D eigenvalue weighted by atomic mass is 79.9. The Morgan fingerprint density at radius 3 is 2.67 bits per heavy atom. The standard InChI is InChI=1S/C15H14BrClN2O2/c1-8-5-10(3-4-12(8)16)19-14-11(15(20)21-2)6-9(18)7-13(14)17/h3-7,19H,18H2,1-2H3. The maximum Gasteiger partial charge on any atom is 0.340 e. The van der Waals surface area contributed by atoms with Crippen molar-refractivity contribution in [3.8, 4) is 0 Å². The number of hydrogen-bond donors (Lipinski definition) is 2. The van der Waals surface area contributed by atoms with Crippen LogP contribution in [0.15, 0.2) is 34.8 Å². The van der Waals surface area contributed by atoms with Crippen LogP contribution in [0.2, 0.25) is 5.02 Å². The molecule has 2 aromatic rings. The van der Waals surface area contributed by atoms with Gasteiger partial charge >= 0.3 is 5.97 Å². The molecular formula is C15H14BrClN2O2. The van der Waals surface area contributed by atoms with E-state index in [1.165, 1.54) is 13.2 Å². The number of nitrogen functional groups attached to an aromatic ring is 1. The summed E-state index contributed by atoms with van der Waals surface area (Å²) in [6.07, 6.45) is 0. The summed E-state index contributed by atoms with van der Waals surface area (Å²) >= 11 is 9.64. The van der Waals surface area contributed by atoms with E-state index in [0.717, 1.165) is 15.7 Å². The zero-order valence-electron chi connectivity index (χ0n) is 11.5. The number of nitrogens with two attached hydrogens (primary N) is 1. The number of aryl methyl sites for hydroxylation is 1. The number of benzene rings is 2. The first-order chi connectivity index (χ1) is 9.92. The zero-order chi connectivity index (χ0) is 15.6. The molecule has 0 saturated heterocycles. The van der Waals surface area contributed by atoms with Crippen LogP contribution in [0.5, 0.6) is 0 Å². The van der Waals surface area contributed by atoms with Gasteiger partial charge in [-0.3, -0.25) is 0 Å². The second kappa shape index (κ2) is 6.37. The minimum atomic E-state index is -0.500. The minimum absolute atomic E-state index is 0.295. The van der Waals surface area contributed by atoms with Gasteiger partial charge in [0.1, 0.15) is 0 Å². The Balaban J connectivity index is 2.47. The molecule has 0 aliphatic carbocycles. The molecule has 2 rings (SSSR count). The number of methoxy groups -OCH3 is 1. The number of hydrogen-bond acceptors (Lipinski definition) is 4. The number of ether oxygens (including phenoxy) is 1. The third-order valence-electron chi connectivity index (χ3n) is 2.95. The molecule has 4 nitrogen and oxygen atoms in total. The van der Waals surface area contributed by atoms with Gasteiger partial charge in [0, 0.05) is 15.8 Å². The molecular weight excluding hydrogens is 356 g/mol. The van der Waals surface area contributed by atoms with Crippen molar-refractivity contribution in [2.75, 3.05) is 18.2 Å². The lowest BCUT2D eigenvalue weighted by Crippen LogP contribution is -2.07. The summed E-state index contributed by atoms with van der Waals surface area (Å²) in [6.45, 7) is 1.97. The van der Waals surface area contributed by atoms with Crippen LogP contribution in [0.4, 0.5) is 17.1 Å². The van der Waals surface area contributed by atoms with Crippen LogP contribution in [0.1, 0.15) is 15.9 Å². The van der Waals surface area contributed by atoms with E-state index < -0.39 is 5.97 Å². The Hall–Kier alpha value is -1.72. The number of esters is 1. The van der Waals surface area contributed by atoms with Crippen molar-refractivity contribution in [2.24, 2.45) is 0 Å². The molecule has 0 aliphatic heterocycles. The second-order valence-corrected chi connectivity index (χ2v) is 5.77. The summed E-state index contributed by atoms with van der Waals surface area (Å²) in [6, 6.07) is 8.86. The maximum atomic E-state index is 11.9. The molecule has 0 amide bonds. The lowest BCUT2D eigenvalue weighted by atomic mass is 10.1. The van der Waals surface area contributed by atoms with Gasteiger partial charge in [0.05, 0.1) is 23.4 Å². The summed E-state index contributed by atoms with van der Waals surface area (Å²) in [5.74, 6) is -0.500. The van der Waals surface area contributed by atoms with E-state index in [-0.39, 0.29) is 0 Å². The highest BCUT2D eigenvalue weighted by molar-refractivity contribution is 9.10. The molecule has 3 N–H and O–H groups in total. The predicted octanol–water partition coefficient (Wildman–Crippen LogP) is 4.52.